The van der Waals surface area contributed by atoms with Gasteiger partial charge in [-0.25, -0.2) is 0 Å². The number of benzene rings is 2. The first-order chi connectivity index (χ1) is 9.20. The van der Waals surface area contributed by atoms with Crippen molar-refractivity contribution in [2.75, 3.05) is 12.5 Å². The molecule has 0 amide bonds. The van der Waals surface area contributed by atoms with Crippen LogP contribution in [-0.2, 0) is 0 Å². The molecule has 2 N–H and O–H groups in total. The summed E-state index contributed by atoms with van der Waals surface area (Å²) in [7, 11) is 1.50. The average Bonchev–Trinajstić information content (AvgIpc) is 2.41. The molecule has 2 aromatic rings. The number of hydrazone groups is 1. The highest BCUT2D eigenvalue weighted by molar-refractivity contribution is 6.30. The molecule has 0 aliphatic rings. The number of hydrogen-bond acceptors (Lipinski definition) is 4. The molecule has 0 bridgehead atoms. The lowest BCUT2D eigenvalue weighted by atomic mass is 10.2. The Morgan fingerprint density at radius 2 is 2.05 bits per heavy atom. The monoisotopic (exact) mass is 276 g/mol. The number of aromatic hydroxyl groups is 1. The van der Waals surface area contributed by atoms with Crippen LogP contribution < -0.4 is 10.2 Å². The van der Waals surface area contributed by atoms with Gasteiger partial charge in [0, 0.05) is 10.6 Å². The second-order valence-corrected chi connectivity index (χ2v) is 4.21. The number of para-hydroxylation sites is 1. The molecule has 98 valence electrons. The number of nitrogens with one attached hydrogen (secondary N) is 1. The summed E-state index contributed by atoms with van der Waals surface area (Å²) in [6, 6.07) is 12.4. The van der Waals surface area contributed by atoms with Gasteiger partial charge in [0.15, 0.2) is 11.5 Å². The topological polar surface area (TPSA) is 53.8 Å². The van der Waals surface area contributed by atoms with Crippen molar-refractivity contribution in [1.29, 1.82) is 0 Å². The van der Waals surface area contributed by atoms with Crippen LogP contribution in [0, 0.1) is 0 Å². The SMILES string of the molecule is COc1cccc(C=NNc2cccc(Cl)c2)c1O. The van der Waals surface area contributed by atoms with Gasteiger partial charge in [0.1, 0.15) is 0 Å². The van der Waals surface area contributed by atoms with E-state index in [-0.39, 0.29) is 5.75 Å². The third kappa shape index (κ3) is 3.39. The largest absolute Gasteiger partial charge is 0.504 e. The summed E-state index contributed by atoms with van der Waals surface area (Å²) < 4.78 is 5.02. The van der Waals surface area contributed by atoms with E-state index in [0.29, 0.717) is 16.3 Å². The third-order valence-corrected chi connectivity index (χ3v) is 2.71. The van der Waals surface area contributed by atoms with Crippen LogP contribution in [0.3, 0.4) is 0 Å². The molecule has 0 spiro atoms. The molecular weight excluding hydrogens is 264 g/mol. The summed E-state index contributed by atoms with van der Waals surface area (Å²) in [5.74, 6) is 0.466. The van der Waals surface area contributed by atoms with E-state index in [1.54, 1.807) is 30.3 Å². The highest BCUT2D eigenvalue weighted by atomic mass is 35.5. The van der Waals surface area contributed by atoms with Gasteiger partial charge in [-0.2, -0.15) is 5.10 Å². The van der Waals surface area contributed by atoms with Crippen molar-refractivity contribution in [2.24, 2.45) is 5.10 Å². The minimum Gasteiger partial charge on any atom is -0.504 e. The van der Waals surface area contributed by atoms with Crippen LogP contribution in [-0.4, -0.2) is 18.4 Å². The minimum atomic E-state index is 0.0571. The Morgan fingerprint density at radius 1 is 1.26 bits per heavy atom. The molecule has 0 radical (unpaired) electrons. The molecule has 0 aliphatic heterocycles. The summed E-state index contributed by atoms with van der Waals surface area (Å²) in [6.07, 6.45) is 1.51. The normalized spacial score (nSPS) is 10.6. The van der Waals surface area contributed by atoms with E-state index in [2.05, 4.69) is 10.5 Å². The minimum absolute atomic E-state index is 0.0571. The molecule has 2 aromatic carbocycles. The molecule has 0 aliphatic carbocycles. The van der Waals surface area contributed by atoms with Gasteiger partial charge in [-0.15, -0.1) is 0 Å². The number of anilines is 1. The number of phenols is 1. The molecule has 0 aromatic heterocycles. The summed E-state index contributed by atoms with van der Waals surface area (Å²) in [5, 5.41) is 14.5. The Kier molecular flexibility index (Phi) is 4.26. The molecule has 2 rings (SSSR count). The fourth-order valence-corrected chi connectivity index (χ4v) is 1.73. The second kappa shape index (κ2) is 6.11. The van der Waals surface area contributed by atoms with Gasteiger partial charge < -0.3 is 9.84 Å². The van der Waals surface area contributed by atoms with Gasteiger partial charge in [0.05, 0.1) is 19.0 Å². The van der Waals surface area contributed by atoms with Crippen molar-refractivity contribution in [3.8, 4) is 11.5 Å². The molecule has 19 heavy (non-hydrogen) atoms. The summed E-state index contributed by atoms with van der Waals surface area (Å²) in [5.41, 5.74) is 4.17. The lowest BCUT2D eigenvalue weighted by Crippen LogP contribution is -1.92. The van der Waals surface area contributed by atoms with Gasteiger partial charge in [-0.05, 0) is 30.3 Å². The predicted octanol–water partition coefficient (Wildman–Crippen LogP) is 3.50. The molecule has 0 heterocycles. The zero-order valence-electron chi connectivity index (χ0n) is 10.3. The lowest BCUT2D eigenvalue weighted by Gasteiger charge is -2.05. The molecule has 0 unspecified atom stereocenters. The highest BCUT2D eigenvalue weighted by Crippen LogP contribution is 2.28. The fourth-order valence-electron chi connectivity index (χ4n) is 1.54. The van der Waals surface area contributed by atoms with Crippen LogP contribution in [0.5, 0.6) is 11.5 Å². The van der Waals surface area contributed by atoms with Crippen LogP contribution in [0.25, 0.3) is 0 Å². The number of rotatable bonds is 4. The number of methoxy groups -OCH3 is 1. The maximum atomic E-state index is 9.86. The van der Waals surface area contributed by atoms with Gasteiger partial charge >= 0.3 is 0 Å². The lowest BCUT2D eigenvalue weighted by molar-refractivity contribution is 0.373. The van der Waals surface area contributed by atoms with Crippen LogP contribution in [0.2, 0.25) is 5.02 Å². The van der Waals surface area contributed by atoms with Crippen molar-refractivity contribution < 1.29 is 9.84 Å². The van der Waals surface area contributed by atoms with Gasteiger partial charge in [0.2, 0.25) is 0 Å². The molecule has 0 fully saturated rings. The molecule has 0 atom stereocenters. The van der Waals surface area contributed by atoms with E-state index < -0.39 is 0 Å². The fraction of sp³-hybridized carbons (Fsp3) is 0.0714. The first-order valence-electron chi connectivity index (χ1n) is 5.61. The van der Waals surface area contributed by atoms with E-state index in [1.165, 1.54) is 13.3 Å². The van der Waals surface area contributed by atoms with E-state index in [1.807, 2.05) is 12.1 Å². The van der Waals surface area contributed by atoms with Crippen molar-refractivity contribution >= 4 is 23.5 Å². The predicted molar refractivity (Wildman–Crippen MR) is 77.3 cm³/mol. The quantitative estimate of drug-likeness (QED) is 0.664. The standard InChI is InChI=1S/C14H13ClN2O2/c1-19-13-7-2-4-10(14(13)18)9-16-17-12-6-3-5-11(15)8-12/h2-9,17-18H,1H3. The summed E-state index contributed by atoms with van der Waals surface area (Å²) in [6.45, 7) is 0. The average molecular weight is 277 g/mol. The molecule has 0 saturated heterocycles. The van der Waals surface area contributed by atoms with Crippen LogP contribution in [0.15, 0.2) is 47.6 Å². The van der Waals surface area contributed by atoms with Crippen molar-refractivity contribution in [3.05, 3.63) is 53.1 Å². The smallest absolute Gasteiger partial charge is 0.166 e. The summed E-state index contributed by atoms with van der Waals surface area (Å²) in [4.78, 5) is 0. The Balaban J connectivity index is 2.11. The Labute approximate surface area is 116 Å². The molecule has 0 saturated carbocycles. The van der Waals surface area contributed by atoms with E-state index in [4.69, 9.17) is 16.3 Å². The Bertz CT molecular complexity index is 600. The maximum absolute atomic E-state index is 9.86. The van der Waals surface area contributed by atoms with Crippen LogP contribution >= 0.6 is 11.6 Å². The summed E-state index contributed by atoms with van der Waals surface area (Å²) >= 11 is 5.86. The van der Waals surface area contributed by atoms with Crippen molar-refractivity contribution in [2.45, 2.75) is 0 Å². The van der Waals surface area contributed by atoms with Crippen molar-refractivity contribution in [1.82, 2.24) is 0 Å². The van der Waals surface area contributed by atoms with Crippen LogP contribution in [0.1, 0.15) is 5.56 Å². The third-order valence-electron chi connectivity index (χ3n) is 2.47. The van der Waals surface area contributed by atoms with E-state index >= 15 is 0 Å². The Morgan fingerprint density at radius 3 is 2.79 bits per heavy atom. The zero-order chi connectivity index (χ0) is 13.7. The second-order valence-electron chi connectivity index (χ2n) is 3.78. The maximum Gasteiger partial charge on any atom is 0.166 e. The van der Waals surface area contributed by atoms with E-state index in [0.717, 1.165) is 5.69 Å². The number of ether oxygens (including phenoxy) is 1. The first kappa shape index (κ1) is 13.2. The number of nitrogens with zero attached hydrogens (tertiary/aromatic N) is 1. The van der Waals surface area contributed by atoms with Gasteiger partial charge in [-0.3, -0.25) is 5.43 Å². The Hall–Kier alpha value is -2.20. The van der Waals surface area contributed by atoms with Gasteiger partial charge in [0.25, 0.3) is 0 Å². The molecule has 4 nitrogen and oxygen atoms in total. The number of phenolic OH excluding ortho intramolecular Hbond substituents is 1. The van der Waals surface area contributed by atoms with Crippen LogP contribution in [0.4, 0.5) is 5.69 Å². The number of hydrogen-bond donors (Lipinski definition) is 2. The van der Waals surface area contributed by atoms with Gasteiger partial charge in [-0.1, -0.05) is 23.7 Å². The molecular formula is C14H13ClN2O2. The van der Waals surface area contributed by atoms with Crippen molar-refractivity contribution in [3.63, 3.8) is 0 Å². The number of halogens is 1. The van der Waals surface area contributed by atoms with E-state index in [9.17, 15) is 5.11 Å². The first-order valence-corrected chi connectivity index (χ1v) is 5.99. The highest BCUT2D eigenvalue weighted by Gasteiger charge is 2.04. The molecule has 5 heteroatoms. The zero-order valence-corrected chi connectivity index (χ0v) is 11.1.